The normalized spacial score (nSPS) is 26.8. The van der Waals surface area contributed by atoms with E-state index < -0.39 is 0 Å². The predicted molar refractivity (Wildman–Crippen MR) is 71.5 cm³/mol. The molecule has 0 heterocycles. The van der Waals surface area contributed by atoms with Crippen LogP contribution in [0.1, 0.15) is 40.5 Å². The van der Waals surface area contributed by atoms with Gasteiger partial charge in [-0.3, -0.25) is 4.79 Å². The van der Waals surface area contributed by atoms with Crippen molar-refractivity contribution >= 4 is 5.91 Å². The van der Waals surface area contributed by atoms with Gasteiger partial charge in [-0.25, -0.2) is 0 Å². The summed E-state index contributed by atoms with van der Waals surface area (Å²) in [7, 11) is 0. The minimum Gasteiger partial charge on any atom is -0.368 e. The lowest BCUT2D eigenvalue weighted by atomic mass is 9.79. The highest BCUT2D eigenvalue weighted by molar-refractivity contribution is 5.80. The molecule has 0 spiro atoms. The summed E-state index contributed by atoms with van der Waals surface area (Å²) in [6.45, 7) is 9.47. The molecule has 3 atom stereocenters. The summed E-state index contributed by atoms with van der Waals surface area (Å²) in [5, 5.41) is 3.33. The van der Waals surface area contributed by atoms with E-state index in [-0.39, 0.29) is 11.9 Å². The quantitative estimate of drug-likeness (QED) is 0.720. The first-order valence-corrected chi connectivity index (χ1v) is 6.60. The molecule has 1 rings (SSSR count). The second-order valence-electron chi connectivity index (χ2n) is 5.87. The average molecular weight is 238 g/mol. The summed E-state index contributed by atoms with van der Waals surface area (Å²) in [6, 6.07) is -0.177. The van der Waals surface area contributed by atoms with Crippen molar-refractivity contribution in [3.05, 3.63) is 11.6 Å². The number of hydrogen-bond donors (Lipinski definition) is 2. The van der Waals surface area contributed by atoms with E-state index in [0.29, 0.717) is 17.8 Å². The highest BCUT2D eigenvalue weighted by Crippen LogP contribution is 2.30. The maximum atomic E-state index is 11.6. The number of amides is 1. The average Bonchev–Trinajstić information content (AvgIpc) is 2.14. The Labute approximate surface area is 105 Å². The number of allylic oxidation sites excluding steroid dienone is 2. The Morgan fingerprint density at radius 3 is 2.71 bits per heavy atom. The fraction of sp³-hybridized carbons (Fsp3) is 0.786. The molecule has 1 aliphatic rings. The van der Waals surface area contributed by atoms with Gasteiger partial charge in [0.1, 0.15) is 0 Å². The first-order chi connectivity index (χ1) is 7.90. The van der Waals surface area contributed by atoms with E-state index in [2.05, 4.69) is 39.1 Å². The molecule has 0 aromatic heterocycles. The molecular weight excluding hydrogens is 212 g/mol. The topological polar surface area (TPSA) is 55.1 Å². The Bertz CT molecular complexity index is 297. The molecule has 0 fully saturated rings. The van der Waals surface area contributed by atoms with Crippen molar-refractivity contribution < 1.29 is 4.79 Å². The molecule has 98 valence electrons. The fourth-order valence-electron chi connectivity index (χ4n) is 2.71. The largest absolute Gasteiger partial charge is 0.368 e. The Hall–Kier alpha value is -0.830. The molecule has 0 radical (unpaired) electrons. The van der Waals surface area contributed by atoms with Crippen molar-refractivity contribution in [2.45, 2.75) is 46.6 Å². The zero-order chi connectivity index (χ0) is 13.0. The molecule has 0 aromatic rings. The molecule has 17 heavy (non-hydrogen) atoms. The van der Waals surface area contributed by atoms with Gasteiger partial charge in [-0.15, -0.1) is 0 Å². The van der Waals surface area contributed by atoms with Gasteiger partial charge in [-0.1, -0.05) is 32.4 Å². The van der Waals surface area contributed by atoms with Gasteiger partial charge in [0.15, 0.2) is 0 Å². The van der Waals surface area contributed by atoms with E-state index in [4.69, 9.17) is 5.73 Å². The monoisotopic (exact) mass is 238 g/mol. The minimum atomic E-state index is -0.211. The van der Waals surface area contributed by atoms with E-state index in [1.54, 1.807) is 0 Å². The van der Waals surface area contributed by atoms with E-state index in [0.717, 1.165) is 19.4 Å². The molecule has 3 N–H and O–H groups in total. The van der Waals surface area contributed by atoms with Gasteiger partial charge in [0.05, 0.1) is 6.04 Å². The summed E-state index contributed by atoms with van der Waals surface area (Å²) >= 11 is 0. The lowest BCUT2D eigenvalue weighted by Crippen LogP contribution is -2.48. The Morgan fingerprint density at radius 1 is 1.59 bits per heavy atom. The fourth-order valence-corrected chi connectivity index (χ4v) is 2.71. The van der Waals surface area contributed by atoms with E-state index in [1.807, 2.05) is 0 Å². The van der Waals surface area contributed by atoms with Gasteiger partial charge in [-0.05, 0) is 44.1 Å². The number of carbonyl (C=O) groups is 1. The molecule has 3 heteroatoms. The molecule has 0 saturated heterocycles. The summed E-state index contributed by atoms with van der Waals surface area (Å²) in [5.74, 6) is 1.23. The van der Waals surface area contributed by atoms with Crippen molar-refractivity contribution in [3.8, 4) is 0 Å². The Balaban J connectivity index is 2.65. The van der Waals surface area contributed by atoms with Gasteiger partial charge in [0.2, 0.25) is 5.91 Å². The molecule has 3 unspecified atom stereocenters. The van der Waals surface area contributed by atoms with Crippen LogP contribution in [0.2, 0.25) is 0 Å². The van der Waals surface area contributed by atoms with Gasteiger partial charge in [0, 0.05) is 0 Å². The molecule has 0 aromatic carbocycles. The second-order valence-corrected chi connectivity index (χ2v) is 5.87. The highest BCUT2D eigenvalue weighted by Gasteiger charge is 2.29. The third kappa shape index (κ3) is 4.50. The van der Waals surface area contributed by atoms with Gasteiger partial charge in [0.25, 0.3) is 0 Å². The first kappa shape index (κ1) is 14.2. The van der Waals surface area contributed by atoms with Crippen LogP contribution in [0.5, 0.6) is 0 Å². The molecule has 0 aliphatic heterocycles. The number of hydrogen-bond acceptors (Lipinski definition) is 2. The van der Waals surface area contributed by atoms with Gasteiger partial charge < -0.3 is 11.1 Å². The SMILES string of the molecule is CC1=CC(C)CC(C(NCC(C)C)C(N)=O)C1. The second kappa shape index (κ2) is 6.20. The Morgan fingerprint density at radius 2 is 2.24 bits per heavy atom. The molecule has 1 amide bonds. The number of rotatable bonds is 5. The van der Waals surface area contributed by atoms with Crippen molar-refractivity contribution in [1.82, 2.24) is 5.32 Å². The summed E-state index contributed by atoms with van der Waals surface area (Å²) in [4.78, 5) is 11.6. The number of nitrogens with one attached hydrogen (secondary N) is 1. The Kier molecular flexibility index (Phi) is 5.19. The van der Waals surface area contributed by atoms with Crippen molar-refractivity contribution in [3.63, 3.8) is 0 Å². The van der Waals surface area contributed by atoms with Gasteiger partial charge in [-0.2, -0.15) is 0 Å². The van der Waals surface area contributed by atoms with E-state index in [1.165, 1.54) is 5.57 Å². The third-order valence-electron chi connectivity index (χ3n) is 3.35. The zero-order valence-electron chi connectivity index (χ0n) is 11.5. The van der Waals surface area contributed by atoms with E-state index in [9.17, 15) is 4.79 Å². The van der Waals surface area contributed by atoms with Crippen molar-refractivity contribution in [2.75, 3.05) is 6.54 Å². The van der Waals surface area contributed by atoms with Gasteiger partial charge >= 0.3 is 0 Å². The van der Waals surface area contributed by atoms with Crippen LogP contribution in [-0.2, 0) is 4.79 Å². The van der Waals surface area contributed by atoms with Crippen LogP contribution in [0.4, 0.5) is 0 Å². The summed E-state index contributed by atoms with van der Waals surface area (Å²) in [5.41, 5.74) is 6.90. The van der Waals surface area contributed by atoms with E-state index >= 15 is 0 Å². The van der Waals surface area contributed by atoms with Crippen LogP contribution in [0.3, 0.4) is 0 Å². The van der Waals surface area contributed by atoms with Crippen LogP contribution in [0.15, 0.2) is 11.6 Å². The smallest absolute Gasteiger partial charge is 0.234 e. The molecule has 1 aliphatic carbocycles. The predicted octanol–water partition coefficient (Wildman–Crippen LogP) is 2.08. The molecule has 0 saturated carbocycles. The van der Waals surface area contributed by atoms with Crippen LogP contribution in [0.25, 0.3) is 0 Å². The molecular formula is C14H26N2O. The lowest BCUT2D eigenvalue weighted by Gasteiger charge is -2.31. The van der Waals surface area contributed by atoms with Crippen molar-refractivity contribution in [1.29, 1.82) is 0 Å². The van der Waals surface area contributed by atoms with Crippen LogP contribution in [-0.4, -0.2) is 18.5 Å². The maximum Gasteiger partial charge on any atom is 0.234 e. The lowest BCUT2D eigenvalue weighted by molar-refractivity contribution is -0.121. The summed E-state index contributed by atoms with van der Waals surface area (Å²) < 4.78 is 0. The number of carbonyl (C=O) groups excluding carboxylic acids is 1. The van der Waals surface area contributed by atoms with Crippen molar-refractivity contribution in [2.24, 2.45) is 23.5 Å². The van der Waals surface area contributed by atoms with Crippen LogP contribution < -0.4 is 11.1 Å². The number of nitrogens with two attached hydrogens (primary N) is 1. The van der Waals surface area contributed by atoms with Crippen LogP contribution in [0, 0.1) is 17.8 Å². The standard InChI is InChI=1S/C14H26N2O/c1-9(2)8-16-13(14(15)17)12-6-10(3)5-11(4)7-12/h5,9-10,12-13,16H,6-8H2,1-4H3,(H2,15,17). The molecule has 3 nitrogen and oxygen atoms in total. The van der Waals surface area contributed by atoms with Crippen LogP contribution >= 0.6 is 0 Å². The summed E-state index contributed by atoms with van der Waals surface area (Å²) in [6.07, 6.45) is 4.34. The minimum absolute atomic E-state index is 0.177. The molecule has 0 bridgehead atoms. The zero-order valence-corrected chi connectivity index (χ0v) is 11.5. The first-order valence-electron chi connectivity index (χ1n) is 6.60. The number of primary amides is 1. The third-order valence-corrected chi connectivity index (χ3v) is 3.35. The maximum absolute atomic E-state index is 11.6. The highest BCUT2D eigenvalue weighted by atomic mass is 16.1.